The molecule has 4 atom stereocenters. The van der Waals surface area contributed by atoms with Gasteiger partial charge < -0.3 is 18.9 Å². The van der Waals surface area contributed by atoms with E-state index < -0.39 is 5.97 Å². The van der Waals surface area contributed by atoms with Crippen LogP contribution in [0.3, 0.4) is 0 Å². The van der Waals surface area contributed by atoms with E-state index in [1.54, 1.807) is 12.1 Å². The Morgan fingerprint density at radius 1 is 0.536 bits per heavy atom. The lowest BCUT2D eigenvalue weighted by Crippen LogP contribution is -2.36. The summed E-state index contributed by atoms with van der Waals surface area (Å²) in [6, 6.07) is 3.44. The Bertz CT molecular complexity index is 1250. The van der Waals surface area contributed by atoms with Crippen molar-refractivity contribution >= 4 is 17.8 Å². The molecule has 3 aliphatic rings. The SMILES string of the molecule is CCCCCCCCCCOc1cc(C(=O)OCCN2C(=O)[C@@H]3[C@H](C2=O)[C@H]2C=C[C@@H]3C2)cc(OCCCCCCCCCC)c1OCCCCCCCCCC. The molecule has 316 valence electrons. The summed E-state index contributed by atoms with van der Waals surface area (Å²) in [5, 5.41) is 0. The standard InChI is InChI=1S/C48H77NO7/c1-4-7-10-13-16-19-22-25-31-53-41-36-40(48(52)56-34-30-49-46(50)43-38-28-29-39(35-38)44(43)47(49)51)37-42(54-32-26-23-20-17-14-11-8-5-2)45(41)55-33-27-24-21-18-15-12-9-6-3/h28-29,36-39,43-44H,4-27,30-35H2,1-3H3/t38-,39+,43+,44-. The monoisotopic (exact) mass is 780 g/mol. The normalized spacial score (nSPS) is 19.6. The number of carbonyl (C=O) groups excluding carboxylic acids is 3. The van der Waals surface area contributed by atoms with Gasteiger partial charge in [-0.3, -0.25) is 14.5 Å². The van der Waals surface area contributed by atoms with Crippen LogP contribution in [0.4, 0.5) is 0 Å². The molecule has 2 fully saturated rings. The number of allylic oxidation sites excluding steroid dienone is 2. The van der Waals surface area contributed by atoms with Crippen LogP contribution in [0.1, 0.15) is 192 Å². The maximum Gasteiger partial charge on any atom is 0.338 e. The summed E-state index contributed by atoms with van der Waals surface area (Å²) in [5.41, 5.74) is 0.319. The maximum atomic E-state index is 13.6. The topological polar surface area (TPSA) is 91.4 Å². The zero-order valence-electron chi connectivity index (χ0n) is 35.6. The molecule has 56 heavy (non-hydrogen) atoms. The number of nitrogens with zero attached hydrogens (tertiary/aromatic N) is 1. The first-order valence-electron chi connectivity index (χ1n) is 23.3. The summed E-state index contributed by atoms with van der Waals surface area (Å²) in [6.07, 6.45) is 34.0. The predicted molar refractivity (Wildman–Crippen MR) is 225 cm³/mol. The molecular formula is C48H77NO7. The zero-order valence-corrected chi connectivity index (χ0v) is 35.6. The van der Waals surface area contributed by atoms with Crippen molar-refractivity contribution in [2.45, 2.75) is 181 Å². The third-order valence-electron chi connectivity index (χ3n) is 12.1. The van der Waals surface area contributed by atoms with Gasteiger partial charge in [-0.1, -0.05) is 168 Å². The van der Waals surface area contributed by atoms with E-state index in [0.717, 1.165) is 44.9 Å². The third kappa shape index (κ3) is 14.7. The Hall–Kier alpha value is -3.03. The number of unbranched alkanes of at least 4 members (excludes halogenated alkanes) is 21. The number of esters is 1. The van der Waals surface area contributed by atoms with Crippen LogP contribution in [0, 0.1) is 23.7 Å². The summed E-state index contributed by atoms with van der Waals surface area (Å²) >= 11 is 0. The molecule has 1 aromatic rings. The Labute approximate surface area is 340 Å². The molecule has 1 aromatic carbocycles. The van der Waals surface area contributed by atoms with Gasteiger partial charge in [-0.25, -0.2) is 4.79 Å². The number of imide groups is 1. The van der Waals surface area contributed by atoms with E-state index in [1.807, 2.05) is 0 Å². The van der Waals surface area contributed by atoms with Crippen LogP contribution >= 0.6 is 0 Å². The number of ether oxygens (including phenoxy) is 4. The van der Waals surface area contributed by atoms with Crippen molar-refractivity contribution in [3.8, 4) is 17.2 Å². The number of likely N-dealkylation sites (tertiary alicyclic amines) is 1. The first kappa shape index (κ1) is 45.7. The summed E-state index contributed by atoms with van der Waals surface area (Å²) in [6.45, 7) is 8.36. The highest BCUT2D eigenvalue weighted by atomic mass is 16.5. The average Bonchev–Trinajstić information content (AvgIpc) is 3.89. The van der Waals surface area contributed by atoms with E-state index in [1.165, 1.54) is 120 Å². The van der Waals surface area contributed by atoms with Gasteiger partial charge in [0.05, 0.1) is 43.8 Å². The minimum absolute atomic E-state index is 0.0574. The highest BCUT2D eigenvalue weighted by Crippen LogP contribution is 2.52. The minimum Gasteiger partial charge on any atom is -0.490 e. The third-order valence-corrected chi connectivity index (χ3v) is 12.1. The van der Waals surface area contributed by atoms with Gasteiger partial charge in [-0.2, -0.15) is 0 Å². The molecule has 2 bridgehead atoms. The van der Waals surface area contributed by atoms with Crippen LogP contribution in [0.2, 0.25) is 0 Å². The molecule has 0 N–H and O–H groups in total. The largest absolute Gasteiger partial charge is 0.490 e. The average molecular weight is 780 g/mol. The van der Waals surface area contributed by atoms with Crippen molar-refractivity contribution in [2.24, 2.45) is 23.7 Å². The molecule has 0 unspecified atom stereocenters. The number of benzene rings is 1. The molecule has 1 saturated carbocycles. The van der Waals surface area contributed by atoms with E-state index in [4.69, 9.17) is 18.9 Å². The highest BCUT2D eigenvalue weighted by Gasteiger charge is 2.59. The van der Waals surface area contributed by atoms with Gasteiger partial charge in [0.1, 0.15) is 6.61 Å². The molecule has 1 saturated heterocycles. The Kier molecular flexibility index (Phi) is 21.9. The van der Waals surface area contributed by atoms with Crippen LogP contribution in [-0.2, 0) is 14.3 Å². The molecule has 1 aliphatic heterocycles. The number of rotatable bonds is 34. The molecular weight excluding hydrogens is 703 g/mol. The molecule has 0 radical (unpaired) electrons. The Morgan fingerprint density at radius 2 is 0.911 bits per heavy atom. The van der Waals surface area contributed by atoms with Crippen LogP contribution in [0.15, 0.2) is 24.3 Å². The molecule has 0 aromatic heterocycles. The van der Waals surface area contributed by atoms with Crippen molar-refractivity contribution in [1.82, 2.24) is 4.90 Å². The van der Waals surface area contributed by atoms with Crippen LogP contribution in [0.25, 0.3) is 0 Å². The van der Waals surface area contributed by atoms with E-state index >= 15 is 0 Å². The molecule has 1 heterocycles. The van der Waals surface area contributed by atoms with E-state index in [-0.39, 0.29) is 48.6 Å². The van der Waals surface area contributed by atoms with E-state index in [2.05, 4.69) is 32.9 Å². The number of amides is 2. The highest BCUT2D eigenvalue weighted by molar-refractivity contribution is 6.06. The van der Waals surface area contributed by atoms with Crippen LogP contribution < -0.4 is 14.2 Å². The van der Waals surface area contributed by atoms with Crippen molar-refractivity contribution in [1.29, 1.82) is 0 Å². The second-order valence-electron chi connectivity index (χ2n) is 16.7. The lowest BCUT2D eigenvalue weighted by molar-refractivity contribution is -0.141. The van der Waals surface area contributed by atoms with Crippen LogP contribution in [0.5, 0.6) is 17.2 Å². The van der Waals surface area contributed by atoms with Gasteiger partial charge in [0, 0.05) is 0 Å². The zero-order chi connectivity index (χ0) is 39.8. The first-order chi connectivity index (χ1) is 27.5. The van der Waals surface area contributed by atoms with Gasteiger partial charge in [-0.15, -0.1) is 0 Å². The van der Waals surface area contributed by atoms with Crippen molar-refractivity contribution < 1.29 is 33.3 Å². The predicted octanol–water partition coefficient (Wildman–Crippen LogP) is 12.2. The summed E-state index contributed by atoms with van der Waals surface area (Å²) in [7, 11) is 0. The Morgan fingerprint density at radius 3 is 1.32 bits per heavy atom. The molecule has 2 amide bonds. The number of hydrogen-bond donors (Lipinski definition) is 0. The van der Waals surface area contributed by atoms with Crippen molar-refractivity contribution in [3.63, 3.8) is 0 Å². The maximum absolute atomic E-state index is 13.6. The van der Waals surface area contributed by atoms with Gasteiger partial charge in [0.15, 0.2) is 11.5 Å². The lowest BCUT2D eigenvalue weighted by Gasteiger charge is -2.19. The molecule has 8 heteroatoms. The van der Waals surface area contributed by atoms with Crippen molar-refractivity contribution in [2.75, 3.05) is 33.0 Å². The fraction of sp³-hybridized carbons (Fsp3) is 0.771. The molecule has 2 aliphatic carbocycles. The molecule has 4 rings (SSSR count). The van der Waals surface area contributed by atoms with Gasteiger partial charge in [0.2, 0.25) is 17.6 Å². The van der Waals surface area contributed by atoms with Crippen molar-refractivity contribution in [3.05, 3.63) is 29.8 Å². The molecule has 8 nitrogen and oxygen atoms in total. The minimum atomic E-state index is -0.533. The fourth-order valence-electron chi connectivity index (χ4n) is 8.79. The smallest absolute Gasteiger partial charge is 0.338 e. The second kappa shape index (κ2) is 26.8. The summed E-state index contributed by atoms with van der Waals surface area (Å²) in [5.74, 6) is 0.584. The van der Waals surface area contributed by atoms with Gasteiger partial charge in [-0.05, 0) is 49.7 Å². The van der Waals surface area contributed by atoms with Gasteiger partial charge >= 0.3 is 5.97 Å². The quantitative estimate of drug-likeness (QED) is 0.0298. The van der Waals surface area contributed by atoms with E-state index in [0.29, 0.717) is 42.6 Å². The fourth-order valence-corrected chi connectivity index (χ4v) is 8.79. The Balaban J connectivity index is 1.38. The number of carbonyl (C=O) groups is 3. The molecule has 0 spiro atoms. The summed E-state index contributed by atoms with van der Waals surface area (Å²) in [4.78, 5) is 41.3. The van der Waals surface area contributed by atoms with E-state index in [9.17, 15) is 14.4 Å². The van der Waals surface area contributed by atoms with Gasteiger partial charge in [0.25, 0.3) is 0 Å². The van der Waals surface area contributed by atoms with Crippen LogP contribution in [-0.4, -0.2) is 55.7 Å². The number of fused-ring (bicyclic) bond motifs is 5. The second-order valence-corrected chi connectivity index (χ2v) is 16.7. The number of hydrogen-bond acceptors (Lipinski definition) is 7. The lowest BCUT2D eigenvalue weighted by atomic mass is 9.85. The first-order valence-corrected chi connectivity index (χ1v) is 23.3. The summed E-state index contributed by atoms with van der Waals surface area (Å²) < 4.78 is 25.0.